The summed E-state index contributed by atoms with van der Waals surface area (Å²) in [7, 11) is 0. The topological polar surface area (TPSA) is 23.6 Å². The number of carbonyl (C=O) groups excluding carboxylic acids is 1. The maximum Gasteiger partial charge on any atom is 0.244 e. The zero-order chi connectivity index (χ0) is 24.3. The molecule has 3 heteroatoms. The Morgan fingerprint density at radius 2 is 1.26 bits per heavy atom. The molecule has 0 aromatic heterocycles. The lowest BCUT2D eigenvalue weighted by atomic mass is 9.96. The van der Waals surface area contributed by atoms with Gasteiger partial charge < -0.3 is 4.90 Å². The molecule has 4 rings (SSSR count). The molecule has 1 heterocycles. The summed E-state index contributed by atoms with van der Waals surface area (Å²) in [4.78, 5) is 18.7. The first-order chi connectivity index (χ1) is 17.3. The number of nitrogens with zero attached hydrogens (tertiary/aromatic N) is 2. The monoisotopic (exact) mass is 468 g/mol. The van der Waals surface area contributed by atoms with Crippen molar-refractivity contribution in [3.05, 3.63) is 108 Å². The summed E-state index contributed by atoms with van der Waals surface area (Å²) in [6, 6.07) is 32.0. The summed E-state index contributed by atoms with van der Waals surface area (Å²) < 4.78 is 0. The van der Waals surface area contributed by atoms with Gasteiger partial charge in [0.15, 0.2) is 0 Å². The molecule has 0 spiro atoms. The van der Waals surface area contributed by atoms with Crippen LogP contribution in [0, 0.1) is 0 Å². The highest BCUT2D eigenvalue weighted by molar-refractivity contribution is 5.84. The van der Waals surface area contributed by atoms with Crippen molar-refractivity contribution in [1.29, 1.82) is 0 Å². The fourth-order valence-electron chi connectivity index (χ4n) is 5.52. The Balaban J connectivity index is 1.50. The maximum absolute atomic E-state index is 14.1. The van der Waals surface area contributed by atoms with Crippen LogP contribution >= 0.6 is 0 Å². The zero-order valence-electron chi connectivity index (χ0n) is 21.2. The Morgan fingerprint density at radius 3 is 1.77 bits per heavy atom. The molecule has 0 saturated carbocycles. The second kappa shape index (κ2) is 13.3. The molecule has 184 valence electrons. The fraction of sp³-hybridized carbons (Fsp3) is 0.406. The second-order valence-electron chi connectivity index (χ2n) is 9.74. The van der Waals surface area contributed by atoms with Crippen molar-refractivity contribution in [1.82, 2.24) is 9.80 Å². The Bertz CT molecular complexity index is 960. The van der Waals surface area contributed by atoms with Crippen LogP contribution < -0.4 is 0 Å². The summed E-state index contributed by atoms with van der Waals surface area (Å²) in [5.74, 6) is 0.292. The van der Waals surface area contributed by atoms with Gasteiger partial charge in [-0.1, -0.05) is 97.9 Å². The number of hydrogen-bond donors (Lipinski definition) is 0. The van der Waals surface area contributed by atoms with Gasteiger partial charge in [-0.2, -0.15) is 0 Å². The van der Waals surface area contributed by atoms with Crippen molar-refractivity contribution in [2.24, 2.45) is 0 Å². The smallest absolute Gasteiger partial charge is 0.244 e. The number of amides is 1. The fourth-order valence-corrected chi connectivity index (χ4v) is 5.52. The van der Waals surface area contributed by atoms with Crippen LogP contribution in [-0.2, 0) is 17.6 Å². The van der Waals surface area contributed by atoms with Crippen LogP contribution in [0.25, 0.3) is 0 Å². The van der Waals surface area contributed by atoms with E-state index in [1.807, 2.05) is 6.07 Å². The van der Waals surface area contributed by atoms with E-state index < -0.39 is 0 Å². The zero-order valence-corrected chi connectivity index (χ0v) is 21.2. The molecule has 1 aliphatic rings. The highest BCUT2D eigenvalue weighted by atomic mass is 16.2. The molecule has 0 aliphatic carbocycles. The van der Waals surface area contributed by atoms with Crippen molar-refractivity contribution in [2.45, 2.75) is 64.0 Å². The number of aryl methyl sites for hydroxylation is 2. The van der Waals surface area contributed by atoms with E-state index in [0.29, 0.717) is 5.91 Å². The summed E-state index contributed by atoms with van der Waals surface area (Å²) in [6.45, 7) is 4.90. The number of likely N-dealkylation sites (N-methyl/N-ethyl adjacent to an activating group) is 1. The van der Waals surface area contributed by atoms with Crippen molar-refractivity contribution in [3.63, 3.8) is 0 Å². The number of carbonyl (C=O) groups is 1. The molecule has 3 aromatic carbocycles. The quantitative estimate of drug-likeness (QED) is 0.313. The molecule has 1 aliphatic heterocycles. The third-order valence-corrected chi connectivity index (χ3v) is 7.38. The lowest BCUT2D eigenvalue weighted by molar-refractivity contribution is -0.138. The van der Waals surface area contributed by atoms with Gasteiger partial charge >= 0.3 is 0 Å². The third-order valence-electron chi connectivity index (χ3n) is 7.38. The number of benzene rings is 3. The van der Waals surface area contributed by atoms with Gasteiger partial charge in [-0.25, -0.2) is 0 Å². The lowest BCUT2D eigenvalue weighted by Gasteiger charge is -2.35. The van der Waals surface area contributed by atoms with Crippen LogP contribution in [0.3, 0.4) is 0 Å². The molecule has 1 fully saturated rings. The minimum atomic E-state index is -0.172. The van der Waals surface area contributed by atoms with Crippen molar-refractivity contribution in [3.8, 4) is 0 Å². The minimum absolute atomic E-state index is 0.172. The lowest BCUT2D eigenvalue weighted by Crippen LogP contribution is -2.45. The van der Waals surface area contributed by atoms with Crippen molar-refractivity contribution < 1.29 is 4.79 Å². The van der Waals surface area contributed by atoms with Gasteiger partial charge in [0, 0.05) is 19.1 Å². The van der Waals surface area contributed by atoms with Crippen molar-refractivity contribution in [2.75, 3.05) is 19.6 Å². The molecule has 1 saturated heterocycles. The van der Waals surface area contributed by atoms with Gasteiger partial charge in [-0.3, -0.25) is 9.69 Å². The Kier molecular flexibility index (Phi) is 9.54. The summed E-state index contributed by atoms with van der Waals surface area (Å²) in [6.07, 6.45) is 7.51. The standard InChI is InChI=1S/C32H40N2O/c1-2-33-25-14-26-34(32(35)31(33)29-21-10-5-11-22-29)30(23-12-19-27-15-6-3-7-16-27)24-13-20-28-17-8-4-9-18-28/h3-11,15-18,21-22,30-31H,2,12-14,19-20,23-26H2,1H3. The van der Waals surface area contributed by atoms with Crippen LogP contribution in [-0.4, -0.2) is 41.4 Å². The van der Waals surface area contributed by atoms with E-state index in [2.05, 4.69) is 102 Å². The van der Waals surface area contributed by atoms with Gasteiger partial charge in [0.05, 0.1) is 0 Å². The molecular formula is C32H40N2O. The third kappa shape index (κ3) is 7.05. The van der Waals surface area contributed by atoms with E-state index >= 15 is 0 Å². The van der Waals surface area contributed by atoms with E-state index in [9.17, 15) is 4.79 Å². The van der Waals surface area contributed by atoms with Gasteiger partial charge in [0.1, 0.15) is 6.04 Å². The highest BCUT2D eigenvalue weighted by Crippen LogP contribution is 2.29. The van der Waals surface area contributed by atoms with E-state index in [-0.39, 0.29) is 12.1 Å². The molecule has 0 radical (unpaired) electrons. The molecule has 1 amide bonds. The normalized spacial score (nSPS) is 17.0. The van der Waals surface area contributed by atoms with Gasteiger partial charge in [-0.05, 0) is 68.2 Å². The summed E-state index contributed by atoms with van der Waals surface area (Å²) in [5.41, 5.74) is 3.90. The summed E-state index contributed by atoms with van der Waals surface area (Å²) in [5, 5.41) is 0. The molecule has 35 heavy (non-hydrogen) atoms. The average molecular weight is 469 g/mol. The molecule has 0 bridgehead atoms. The number of hydrogen-bond acceptors (Lipinski definition) is 2. The van der Waals surface area contributed by atoms with Crippen LogP contribution in [0.15, 0.2) is 91.0 Å². The predicted molar refractivity (Wildman–Crippen MR) is 145 cm³/mol. The minimum Gasteiger partial charge on any atom is -0.338 e. The highest BCUT2D eigenvalue weighted by Gasteiger charge is 2.35. The van der Waals surface area contributed by atoms with Crippen LogP contribution in [0.4, 0.5) is 0 Å². The van der Waals surface area contributed by atoms with Gasteiger partial charge in [0.25, 0.3) is 0 Å². The van der Waals surface area contributed by atoms with Crippen LogP contribution in [0.5, 0.6) is 0 Å². The largest absolute Gasteiger partial charge is 0.338 e. The van der Waals surface area contributed by atoms with E-state index in [1.165, 1.54) is 11.1 Å². The van der Waals surface area contributed by atoms with Crippen molar-refractivity contribution >= 4 is 5.91 Å². The van der Waals surface area contributed by atoms with E-state index in [0.717, 1.165) is 70.1 Å². The predicted octanol–water partition coefficient (Wildman–Crippen LogP) is 6.70. The summed E-state index contributed by atoms with van der Waals surface area (Å²) >= 11 is 0. The first kappa shape index (κ1) is 25.2. The van der Waals surface area contributed by atoms with Crippen LogP contribution in [0.1, 0.15) is 61.8 Å². The molecule has 3 aromatic rings. The molecular weight excluding hydrogens is 428 g/mol. The van der Waals surface area contributed by atoms with E-state index in [1.54, 1.807) is 0 Å². The van der Waals surface area contributed by atoms with Gasteiger partial charge in [0.2, 0.25) is 5.91 Å². The molecule has 1 atom stereocenters. The number of rotatable bonds is 11. The Hall–Kier alpha value is -2.91. The Morgan fingerprint density at radius 1 is 0.743 bits per heavy atom. The Labute approximate surface area is 211 Å². The SMILES string of the molecule is CCN1CCCN(C(CCCc2ccccc2)CCCc2ccccc2)C(=O)C1c1ccccc1. The van der Waals surface area contributed by atoms with Crippen LogP contribution in [0.2, 0.25) is 0 Å². The first-order valence-corrected chi connectivity index (χ1v) is 13.4. The molecule has 0 N–H and O–H groups in total. The maximum atomic E-state index is 14.1. The van der Waals surface area contributed by atoms with Gasteiger partial charge in [-0.15, -0.1) is 0 Å². The average Bonchev–Trinajstić information content (AvgIpc) is 3.08. The second-order valence-corrected chi connectivity index (χ2v) is 9.74. The van der Waals surface area contributed by atoms with E-state index in [4.69, 9.17) is 0 Å². The molecule has 1 unspecified atom stereocenters. The molecule has 3 nitrogen and oxygen atoms in total. The first-order valence-electron chi connectivity index (χ1n) is 13.4.